The smallest absolute Gasteiger partial charge is 0.379 e. The van der Waals surface area contributed by atoms with Crippen LogP contribution in [0.3, 0.4) is 0 Å². The molecule has 2 heterocycles. The molecule has 4 nitrogen and oxygen atoms in total. The van der Waals surface area contributed by atoms with Crippen molar-refractivity contribution < 1.29 is 22.7 Å². The third kappa shape index (κ3) is 5.31. The van der Waals surface area contributed by atoms with Gasteiger partial charge in [0.1, 0.15) is 4.32 Å². The van der Waals surface area contributed by atoms with Crippen molar-refractivity contribution in [2.24, 2.45) is 0 Å². The molecule has 0 radical (unpaired) electrons. The van der Waals surface area contributed by atoms with Gasteiger partial charge < -0.3 is 4.74 Å². The molecule has 3 rings (SSSR count). The standard InChI is InChI=1S/C18H19F3N2O2S2/c19-18(20,21)14-4-1-3-13(11-14)12-15-16(24)23(17(26)27-15)6-2-5-22-7-9-25-10-8-22/h1,3-4,11-12H,2,5-10H2/b15-12-. The Bertz CT molecular complexity index is 746. The van der Waals surface area contributed by atoms with Gasteiger partial charge in [0, 0.05) is 26.2 Å². The fraction of sp³-hybridized carbons (Fsp3) is 0.444. The molecule has 9 heteroatoms. The van der Waals surface area contributed by atoms with Crippen LogP contribution < -0.4 is 0 Å². The van der Waals surface area contributed by atoms with Crippen LogP contribution in [-0.4, -0.2) is 59.4 Å². The topological polar surface area (TPSA) is 32.8 Å². The van der Waals surface area contributed by atoms with Crippen LogP contribution in [0.1, 0.15) is 17.5 Å². The normalized spacial score (nSPS) is 20.7. The van der Waals surface area contributed by atoms with Gasteiger partial charge in [-0.05, 0) is 30.2 Å². The average molecular weight is 416 g/mol. The Morgan fingerprint density at radius 2 is 1.96 bits per heavy atom. The minimum absolute atomic E-state index is 0.246. The lowest BCUT2D eigenvalue weighted by molar-refractivity contribution is -0.137. The second kappa shape index (κ2) is 8.72. The average Bonchev–Trinajstić information content (AvgIpc) is 2.89. The Kier molecular flexibility index (Phi) is 6.56. The lowest BCUT2D eigenvalue weighted by atomic mass is 10.1. The minimum Gasteiger partial charge on any atom is -0.379 e. The van der Waals surface area contributed by atoms with E-state index in [0.717, 1.165) is 63.2 Å². The van der Waals surface area contributed by atoms with E-state index in [9.17, 15) is 18.0 Å². The summed E-state index contributed by atoms with van der Waals surface area (Å²) in [5.74, 6) is -0.246. The maximum atomic E-state index is 12.8. The lowest BCUT2D eigenvalue weighted by Crippen LogP contribution is -2.38. The number of benzene rings is 1. The molecular formula is C18H19F3N2O2S2. The van der Waals surface area contributed by atoms with Gasteiger partial charge in [-0.3, -0.25) is 14.6 Å². The number of thiocarbonyl (C=S) groups is 1. The number of carbonyl (C=O) groups is 1. The van der Waals surface area contributed by atoms with Gasteiger partial charge in [-0.2, -0.15) is 13.2 Å². The predicted molar refractivity (Wildman–Crippen MR) is 103 cm³/mol. The van der Waals surface area contributed by atoms with Crippen LogP contribution in [0, 0.1) is 0 Å². The molecule has 0 aliphatic carbocycles. The number of halogens is 3. The highest BCUT2D eigenvalue weighted by atomic mass is 32.2. The van der Waals surface area contributed by atoms with E-state index in [-0.39, 0.29) is 5.91 Å². The fourth-order valence-corrected chi connectivity index (χ4v) is 4.23. The summed E-state index contributed by atoms with van der Waals surface area (Å²) in [7, 11) is 0. The first-order chi connectivity index (χ1) is 12.8. The number of alkyl halides is 3. The highest BCUT2D eigenvalue weighted by Crippen LogP contribution is 2.34. The molecule has 1 aromatic rings. The largest absolute Gasteiger partial charge is 0.416 e. The molecule has 0 spiro atoms. The van der Waals surface area contributed by atoms with Crippen LogP contribution in [0.5, 0.6) is 0 Å². The van der Waals surface area contributed by atoms with E-state index in [0.29, 0.717) is 21.3 Å². The summed E-state index contributed by atoms with van der Waals surface area (Å²) in [4.78, 5) is 16.7. The van der Waals surface area contributed by atoms with Gasteiger partial charge >= 0.3 is 6.18 Å². The number of carbonyl (C=O) groups excluding carboxylic acids is 1. The van der Waals surface area contributed by atoms with E-state index in [1.54, 1.807) is 6.07 Å². The van der Waals surface area contributed by atoms with Gasteiger partial charge in [-0.25, -0.2) is 0 Å². The fourth-order valence-electron chi connectivity index (χ4n) is 2.93. The summed E-state index contributed by atoms with van der Waals surface area (Å²) in [6.45, 7) is 4.57. The molecule has 0 N–H and O–H groups in total. The number of ether oxygens (including phenoxy) is 1. The highest BCUT2D eigenvalue weighted by Gasteiger charge is 2.33. The predicted octanol–water partition coefficient (Wildman–Crippen LogP) is 3.63. The van der Waals surface area contributed by atoms with Crippen molar-refractivity contribution >= 4 is 40.3 Å². The second-order valence-electron chi connectivity index (χ2n) is 6.26. The third-order valence-electron chi connectivity index (χ3n) is 4.35. The van der Waals surface area contributed by atoms with Crippen molar-refractivity contribution in [1.29, 1.82) is 0 Å². The minimum atomic E-state index is -4.41. The number of morpholine rings is 1. The zero-order chi connectivity index (χ0) is 19.4. The molecule has 2 fully saturated rings. The second-order valence-corrected chi connectivity index (χ2v) is 7.94. The van der Waals surface area contributed by atoms with Crippen molar-refractivity contribution in [3.05, 3.63) is 40.3 Å². The van der Waals surface area contributed by atoms with E-state index in [1.807, 2.05) is 0 Å². The molecule has 2 aliphatic rings. The Morgan fingerprint density at radius 3 is 2.67 bits per heavy atom. The summed E-state index contributed by atoms with van der Waals surface area (Å²) >= 11 is 6.41. The first-order valence-corrected chi connectivity index (χ1v) is 9.80. The SMILES string of the molecule is O=C1/C(=C/c2cccc(C(F)(F)F)c2)SC(=S)N1CCCN1CCOCC1. The molecule has 0 saturated carbocycles. The van der Waals surface area contributed by atoms with Crippen molar-refractivity contribution in [3.63, 3.8) is 0 Å². The molecule has 27 heavy (non-hydrogen) atoms. The van der Waals surface area contributed by atoms with Crippen LogP contribution in [0.15, 0.2) is 29.2 Å². The van der Waals surface area contributed by atoms with Crippen molar-refractivity contribution in [2.75, 3.05) is 39.4 Å². The van der Waals surface area contributed by atoms with Crippen molar-refractivity contribution in [2.45, 2.75) is 12.6 Å². The molecule has 1 amide bonds. The van der Waals surface area contributed by atoms with Crippen LogP contribution in [0.4, 0.5) is 13.2 Å². The molecular weight excluding hydrogens is 397 g/mol. The summed E-state index contributed by atoms with van der Waals surface area (Å²) in [5.41, 5.74) is -0.407. The van der Waals surface area contributed by atoms with Crippen molar-refractivity contribution in [1.82, 2.24) is 9.80 Å². The van der Waals surface area contributed by atoms with Gasteiger partial charge in [0.25, 0.3) is 5.91 Å². The van der Waals surface area contributed by atoms with Gasteiger partial charge in [-0.15, -0.1) is 0 Å². The summed E-state index contributed by atoms with van der Waals surface area (Å²) in [6, 6.07) is 4.91. The van der Waals surface area contributed by atoms with Crippen LogP contribution in [0.2, 0.25) is 0 Å². The number of hydrogen-bond acceptors (Lipinski definition) is 5. The molecule has 0 unspecified atom stereocenters. The zero-order valence-corrected chi connectivity index (χ0v) is 16.1. The van der Waals surface area contributed by atoms with Crippen LogP contribution >= 0.6 is 24.0 Å². The molecule has 1 aromatic carbocycles. The van der Waals surface area contributed by atoms with Crippen LogP contribution in [0.25, 0.3) is 6.08 Å². The number of thioether (sulfide) groups is 1. The molecule has 2 saturated heterocycles. The van der Waals surface area contributed by atoms with E-state index >= 15 is 0 Å². The molecule has 0 bridgehead atoms. The quantitative estimate of drug-likeness (QED) is 0.541. The molecule has 0 atom stereocenters. The summed E-state index contributed by atoms with van der Waals surface area (Å²) < 4.78 is 44.3. The van der Waals surface area contributed by atoms with E-state index < -0.39 is 11.7 Å². The molecule has 146 valence electrons. The monoisotopic (exact) mass is 416 g/mol. The van der Waals surface area contributed by atoms with Gasteiger partial charge in [0.2, 0.25) is 0 Å². The van der Waals surface area contributed by atoms with E-state index in [4.69, 9.17) is 17.0 Å². The number of hydrogen-bond donors (Lipinski definition) is 0. The maximum absolute atomic E-state index is 12.8. The Hall–Kier alpha value is -1.42. The van der Waals surface area contributed by atoms with Gasteiger partial charge in [0.15, 0.2) is 0 Å². The molecule has 0 aromatic heterocycles. The zero-order valence-electron chi connectivity index (χ0n) is 14.5. The first kappa shape index (κ1) is 20.3. The van der Waals surface area contributed by atoms with Crippen molar-refractivity contribution in [3.8, 4) is 0 Å². The lowest BCUT2D eigenvalue weighted by Gasteiger charge is -2.27. The summed E-state index contributed by atoms with van der Waals surface area (Å²) in [5, 5.41) is 0. The Balaban J connectivity index is 1.62. The van der Waals surface area contributed by atoms with E-state index in [2.05, 4.69) is 4.90 Å². The highest BCUT2D eigenvalue weighted by molar-refractivity contribution is 8.26. The summed E-state index contributed by atoms with van der Waals surface area (Å²) in [6.07, 6.45) is -2.16. The van der Waals surface area contributed by atoms with Gasteiger partial charge in [0.05, 0.1) is 23.7 Å². The Morgan fingerprint density at radius 1 is 1.22 bits per heavy atom. The number of amides is 1. The first-order valence-electron chi connectivity index (χ1n) is 8.57. The number of rotatable bonds is 5. The van der Waals surface area contributed by atoms with E-state index in [1.165, 1.54) is 17.0 Å². The third-order valence-corrected chi connectivity index (χ3v) is 5.72. The molecule has 2 aliphatic heterocycles. The van der Waals surface area contributed by atoms with Crippen LogP contribution in [-0.2, 0) is 15.7 Å². The number of nitrogens with zero attached hydrogens (tertiary/aromatic N) is 2. The maximum Gasteiger partial charge on any atom is 0.416 e. The Labute approximate surface area is 165 Å². The van der Waals surface area contributed by atoms with Gasteiger partial charge in [-0.1, -0.05) is 36.1 Å².